The van der Waals surface area contributed by atoms with Crippen molar-refractivity contribution in [2.45, 2.75) is 13.8 Å². The van der Waals surface area contributed by atoms with Gasteiger partial charge in [0, 0.05) is 15.0 Å². The van der Waals surface area contributed by atoms with E-state index in [-0.39, 0.29) is 5.91 Å². The summed E-state index contributed by atoms with van der Waals surface area (Å²) >= 11 is 2.07. The Hall–Kier alpha value is -2.10. The third kappa shape index (κ3) is 4.21. The zero-order valence-electron chi connectivity index (χ0n) is 13.2. The zero-order chi connectivity index (χ0) is 17.0. The van der Waals surface area contributed by atoms with Crippen LogP contribution in [-0.4, -0.2) is 30.1 Å². The molecule has 8 heteroatoms. The highest BCUT2D eigenvalue weighted by Gasteiger charge is 2.15. The summed E-state index contributed by atoms with van der Waals surface area (Å²) in [5, 5.41) is 0. The van der Waals surface area contributed by atoms with E-state index in [2.05, 4.69) is 43.4 Å². The molecule has 0 fully saturated rings. The predicted octanol–water partition coefficient (Wildman–Crippen LogP) is 2.47. The van der Waals surface area contributed by atoms with Crippen LogP contribution in [0.3, 0.4) is 0 Å². The average molecular weight is 428 g/mol. The van der Waals surface area contributed by atoms with E-state index in [9.17, 15) is 4.79 Å². The van der Waals surface area contributed by atoms with Crippen LogP contribution in [0, 0.1) is 17.4 Å². The number of rotatable bonds is 5. The van der Waals surface area contributed by atoms with Crippen LogP contribution in [0.1, 0.15) is 21.7 Å². The molecule has 0 aliphatic rings. The first-order valence-electron chi connectivity index (χ1n) is 6.74. The Balaban J connectivity index is 2.17. The number of carbonyl (C=O) groups is 1. The Labute approximate surface area is 147 Å². The van der Waals surface area contributed by atoms with Crippen molar-refractivity contribution < 1.29 is 14.3 Å². The Bertz CT molecular complexity index is 717. The molecule has 7 nitrogen and oxygen atoms in total. The number of methoxy groups -OCH3 is 2. The number of hydrogen-bond acceptors (Lipinski definition) is 6. The van der Waals surface area contributed by atoms with Gasteiger partial charge in [-0.15, -0.1) is 0 Å². The fourth-order valence-electron chi connectivity index (χ4n) is 1.99. The topological polar surface area (TPSA) is 85.4 Å². The number of hydrazine groups is 1. The fourth-order valence-corrected chi connectivity index (χ4v) is 2.67. The number of benzene rings is 1. The highest BCUT2D eigenvalue weighted by molar-refractivity contribution is 14.1. The van der Waals surface area contributed by atoms with Gasteiger partial charge < -0.3 is 9.47 Å². The van der Waals surface area contributed by atoms with Crippen LogP contribution >= 0.6 is 22.6 Å². The standard InChI is InChI=1S/C15H17IN4O3/c1-8-5-9(2)18-15(17-8)20-19-14(21)10-6-12(22-3)13(23-4)7-11(10)16/h5-7H,1-4H3,(H,19,21)(H,17,18,20). The third-order valence-electron chi connectivity index (χ3n) is 2.99. The maximum absolute atomic E-state index is 12.3. The van der Waals surface area contributed by atoms with Crippen molar-refractivity contribution in [3.8, 4) is 11.5 Å². The van der Waals surface area contributed by atoms with Crippen LogP contribution in [0.5, 0.6) is 11.5 Å². The summed E-state index contributed by atoms with van der Waals surface area (Å²) in [6.45, 7) is 3.72. The Morgan fingerprint density at radius 1 is 1.04 bits per heavy atom. The summed E-state index contributed by atoms with van der Waals surface area (Å²) < 4.78 is 11.2. The summed E-state index contributed by atoms with van der Waals surface area (Å²) in [5.41, 5.74) is 7.39. The first-order valence-corrected chi connectivity index (χ1v) is 7.82. The lowest BCUT2D eigenvalue weighted by molar-refractivity contribution is 0.0961. The summed E-state index contributed by atoms with van der Waals surface area (Å²) in [6, 6.07) is 5.21. The molecule has 2 aromatic rings. The van der Waals surface area contributed by atoms with Crippen molar-refractivity contribution in [3.05, 3.63) is 38.7 Å². The minimum atomic E-state index is -0.321. The van der Waals surface area contributed by atoms with Gasteiger partial charge in [0.25, 0.3) is 5.91 Å². The molecule has 1 aromatic carbocycles. The minimum absolute atomic E-state index is 0.321. The number of hydrogen-bond donors (Lipinski definition) is 2. The molecule has 2 N–H and O–H groups in total. The van der Waals surface area contributed by atoms with Gasteiger partial charge >= 0.3 is 0 Å². The molecule has 1 aromatic heterocycles. The van der Waals surface area contributed by atoms with E-state index >= 15 is 0 Å². The lowest BCUT2D eigenvalue weighted by Gasteiger charge is -2.13. The second-order valence-corrected chi connectivity index (χ2v) is 5.90. The molecule has 0 saturated heterocycles. The quantitative estimate of drug-likeness (QED) is 0.563. The number of nitrogens with zero attached hydrogens (tertiary/aromatic N) is 2. The molecule has 122 valence electrons. The summed E-state index contributed by atoms with van der Waals surface area (Å²) in [4.78, 5) is 20.7. The minimum Gasteiger partial charge on any atom is -0.493 e. The molecule has 0 radical (unpaired) electrons. The SMILES string of the molecule is COc1cc(I)c(C(=O)NNc2nc(C)cc(C)n2)cc1OC. The third-order valence-corrected chi connectivity index (χ3v) is 3.88. The molecular formula is C15H17IN4O3. The number of nitrogens with one attached hydrogen (secondary N) is 2. The van der Waals surface area contributed by atoms with Crippen LogP contribution in [0.4, 0.5) is 5.95 Å². The maximum atomic E-state index is 12.3. The second-order valence-electron chi connectivity index (χ2n) is 4.74. The van der Waals surface area contributed by atoms with Gasteiger partial charge in [0.15, 0.2) is 11.5 Å². The number of halogens is 1. The second kappa shape index (κ2) is 7.44. The van der Waals surface area contributed by atoms with Gasteiger partial charge in [0.2, 0.25) is 5.95 Å². The van der Waals surface area contributed by atoms with E-state index < -0.39 is 0 Å². The van der Waals surface area contributed by atoms with E-state index in [4.69, 9.17) is 9.47 Å². The number of anilines is 1. The highest BCUT2D eigenvalue weighted by Crippen LogP contribution is 2.31. The van der Waals surface area contributed by atoms with Gasteiger partial charge in [-0.05, 0) is 54.6 Å². The van der Waals surface area contributed by atoms with Crippen LogP contribution in [-0.2, 0) is 0 Å². The number of aryl methyl sites for hydroxylation is 2. The number of aromatic nitrogens is 2. The molecule has 0 atom stereocenters. The molecule has 2 rings (SSSR count). The van der Waals surface area contributed by atoms with Crippen molar-refractivity contribution in [2.75, 3.05) is 19.6 Å². The lowest BCUT2D eigenvalue weighted by Crippen LogP contribution is -2.31. The van der Waals surface area contributed by atoms with E-state index in [1.165, 1.54) is 7.11 Å². The van der Waals surface area contributed by atoms with Gasteiger partial charge in [0.05, 0.1) is 19.8 Å². The van der Waals surface area contributed by atoms with Gasteiger partial charge in [-0.2, -0.15) is 0 Å². The summed E-state index contributed by atoms with van der Waals surface area (Å²) in [7, 11) is 3.07. The highest BCUT2D eigenvalue weighted by atomic mass is 127. The molecule has 1 heterocycles. The monoisotopic (exact) mass is 428 g/mol. The maximum Gasteiger partial charge on any atom is 0.270 e. The zero-order valence-corrected chi connectivity index (χ0v) is 15.4. The van der Waals surface area contributed by atoms with Crippen molar-refractivity contribution in [1.29, 1.82) is 0 Å². The largest absolute Gasteiger partial charge is 0.493 e. The molecule has 0 spiro atoms. The smallest absolute Gasteiger partial charge is 0.270 e. The van der Waals surface area contributed by atoms with Crippen LogP contribution in [0.15, 0.2) is 18.2 Å². The van der Waals surface area contributed by atoms with Crippen molar-refractivity contribution in [1.82, 2.24) is 15.4 Å². The van der Waals surface area contributed by atoms with Gasteiger partial charge in [-0.1, -0.05) is 0 Å². The van der Waals surface area contributed by atoms with Crippen LogP contribution < -0.4 is 20.3 Å². The van der Waals surface area contributed by atoms with Crippen LogP contribution in [0.25, 0.3) is 0 Å². The Morgan fingerprint density at radius 2 is 1.61 bits per heavy atom. The van der Waals surface area contributed by atoms with E-state index in [0.717, 1.165) is 15.0 Å². The summed E-state index contributed by atoms with van der Waals surface area (Å²) in [5.74, 6) is 1.07. The molecule has 0 saturated carbocycles. The fraction of sp³-hybridized carbons (Fsp3) is 0.267. The first-order chi connectivity index (χ1) is 10.9. The molecule has 23 heavy (non-hydrogen) atoms. The van der Waals surface area contributed by atoms with Gasteiger partial charge in [-0.3, -0.25) is 15.6 Å². The van der Waals surface area contributed by atoms with Crippen LogP contribution in [0.2, 0.25) is 0 Å². The normalized spacial score (nSPS) is 10.1. The average Bonchev–Trinajstić information content (AvgIpc) is 2.51. The van der Waals surface area contributed by atoms with Gasteiger partial charge in [0.1, 0.15) is 0 Å². The molecule has 0 bridgehead atoms. The molecule has 1 amide bonds. The number of carbonyl (C=O) groups excluding carboxylic acids is 1. The van der Waals surface area contributed by atoms with E-state index in [1.807, 2.05) is 19.9 Å². The number of ether oxygens (including phenoxy) is 2. The molecule has 0 unspecified atom stereocenters. The molecule has 0 aliphatic heterocycles. The van der Waals surface area contributed by atoms with E-state index in [1.54, 1.807) is 19.2 Å². The summed E-state index contributed by atoms with van der Waals surface area (Å²) in [6.07, 6.45) is 0. The Morgan fingerprint density at radius 3 is 2.17 bits per heavy atom. The predicted molar refractivity (Wildman–Crippen MR) is 94.9 cm³/mol. The first kappa shape index (κ1) is 17.3. The number of amides is 1. The molecule has 0 aliphatic carbocycles. The van der Waals surface area contributed by atoms with Crippen molar-refractivity contribution in [2.24, 2.45) is 0 Å². The van der Waals surface area contributed by atoms with Gasteiger partial charge in [-0.25, -0.2) is 9.97 Å². The Kier molecular flexibility index (Phi) is 5.59. The lowest BCUT2D eigenvalue weighted by atomic mass is 10.2. The van der Waals surface area contributed by atoms with E-state index in [0.29, 0.717) is 23.0 Å². The molecular weight excluding hydrogens is 411 g/mol. The van der Waals surface area contributed by atoms with Crippen molar-refractivity contribution in [3.63, 3.8) is 0 Å². The van der Waals surface area contributed by atoms with Crippen molar-refractivity contribution >= 4 is 34.4 Å².